The molecule has 2 aromatic carbocycles. The van der Waals surface area contributed by atoms with Crippen molar-refractivity contribution in [3.05, 3.63) is 70.8 Å². The third kappa shape index (κ3) is 5.40. The second-order valence-corrected chi connectivity index (χ2v) is 7.81. The molecule has 0 aromatic heterocycles. The number of likely N-dealkylation sites (tertiary alicyclic amines) is 1. The fraction of sp³-hybridized carbons (Fsp3) is 0.364. The van der Waals surface area contributed by atoms with E-state index in [1.165, 1.54) is 11.9 Å². The number of likely N-dealkylation sites (N-methyl/N-ethyl adjacent to an activating group) is 1. The average Bonchev–Trinajstić information content (AvgIpc) is 2.76. The number of hydrogen-bond acceptors (Lipinski definition) is 2. The van der Waals surface area contributed by atoms with Crippen molar-refractivity contribution < 1.29 is 41.0 Å². The number of hydrogen-bond donors (Lipinski definition) is 1. The van der Waals surface area contributed by atoms with Crippen LogP contribution < -0.4 is 0 Å². The SMILES string of the molecule is CN(C(=O)c1cc(C(F)(F)F)cc(C(F)(F)F)c1)C1CCN(C(=O)O)CC1c1ccccc1. The van der Waals surface area contributed by atoms with E-state index in [1.54, 1.807) is 30.3 Å². The van der Waals surface area contributed by atoms with Gasteiger partial charge in [0.15, 0.2) is 0 Å². The highest BCUT2D eigenvalue weighted by molar-refractivity contribution is 5.95. The van der Waals surface area contributed by atoms with Crippen molar-refractivity contribution in [2.45, 2.75) is 30.7 Å². The second-order valence-electron chi connectivity index (χ2n) is 7.81. The maximum Gasteiger partial charge on any atom is 0.416 e. The van der Waals surface area contributed by atoms with Crippen LogP contribution in [0.15, 0.2) is 48.5 Å². The van der Waals surface area contributed by atoms with Gasteiger partial charge in [0.25, 0.3) is 5.91 Å². The predicted molar refractivity (Wildman–Crippen MR) is 106 cm³/mol. The minimum atomic E-state index is -5.08. The predicted octanol–water partition coefficient (Wildman–Crippen LogP) is 5.33. The summed E-state index contributed by atoms with van der Waals surface area (Å²) in [6.45, 7) is 0.0926. The molecule has 0 spiro atoms. The quantitative estimate of drug-likeness (QED) is 0.612. The van der Waals surface area contributed by atoms with Gasteiger partial charge in [0, 0.05) is 37.7 Å². The summed E-state index contributed by atoms with van der Waals surface area (Å²) in [6.07, 6.45) is -11.1. The summed E-state index contributed by atoms with van der Waals surface area (Å²) in [5.74, 6) is -1.53. The van der Waals surface area contributed by atoms with Gasteiger partial charge in [-0.1, -0.05) is 30.3 Å². The highest BCUT2D eigenvalue weighted by atomic mass is 19.4. The maximum absolute atomic E-state index is 13.2. The normalized spacial score (nSPS) is 19.3. The summed E-state index contributed by atoms with van der Waals surface area (Å²) in [7, 11) is 1.30. The topological polar surface area (TPSA) is 60.9 Å². The van der Waals surface area contributed by atoms with Crippen LogP contribution in [-0.4, -0.2) is 53.1 Å². The molecule has 1 aliphatic rings. The first-order valence-electron chi connectivity index (χ1n) is 9.88. The van der Waals surface area contributed by atoms with E-state index in [-0.39, 0.29) is 25.6 Å². The number of piperidine rings is 1. The minimum Gasteiger partial charge on any atom is -0.465 e. The third-order valence-corrected chi connectivity index (χ3v) is 5.73. The molecule has 1 fully saturated rings. The molecule has 1 heterocycles. The summed E-state index contributed by atoms with van der Waals surface area (Å²) < 4.78 is 79.2. The molecule has 5 nitrogen and oxygen atoms in total. The largest absolute Gasteiger partial charge is 0.465 e. The smallest absolute Gasteiger partial charge is 0.416 e. The van der Waals surface area contributed by atoms with Crippen LogP contribution in [0.5, 0.6) is 0 Å². The molecule has 0 saturated carbocycles. The van der Waals surface area contributed by atoms with Crippen molar-refractivity contribution in [3.8, 4) is 0 Å². The van der Waals surface area contributed by atoms with Gasteiger partial charge in [-0.15, -0.1) is 0 Å². The van der Waals surface area contributed by atoms with E-state index >= 15 is 0 Å². The number of halogens is 6. The Kier molecular flexibility index (Phi) is 6.62. The van der Waals surface area contributed by atoms with E-state index in [0.717, 1.165) is 4.90 Å². The van der Waals surface area contributed by atoms with Gasteiger partial charge >= 0.3 is 18.4 Å². The van der Waals surface area contributed by atoms with Crippen molar-refractivity contribution in [3.63, 3.8) is 0 Å². The molecule has 0 radical (unpaired) electrons. The van der Waals surface area contributed by atoms with Gasteiger partial charge in [0.2, 0.25) is 0 Å². The van der Waals surface area contributed by atoms with Gasteiger partial charge in [-0.3, -0.25) is 4.79 Å². The van der Waals surface area contributed by atoms with Crippen LogP contribution in [0, 0.1) is 0 Å². The lowest BCUT2D eigenvalue weighted by atomic mass is 9.85. The molecule has 33 heavy (non-hydrogen) atoms. The molecule has 0 bridgehead atoms. The van der Waals surface area contributed by atoms with E-state index in [1.807, 2.05) is 0 Å². The first-order valence-corrected chi connectivity index (χ1v) is 9.88. The first-order chi connectivity index (χ1) is 15.3. The number of alkyl halides is 6. The number of amides is 2. The van der Waals surface area contributed by atoms with E-state index in [4.69, 9.17) is 0 Å². The van der Waals surface area contributed by atoms with Crippen molar-refractivity contribution in [1.29, 1.82) is 0 Å². The van der Waals surface area contributed by atoms with Crippen molar-refractivity contribution in [1.82, 2.24) is 9.80 Å². The van der Waals surface area contributed by atoms with Gasteiger partial charge in [-0.05, 0) is 30.2 Å². The summed E-state index contributed by atoms with van der Waals surface area (Å²) in [6, 6.07) is 8.77. The molecule has 2 amide bonds. The molecule has 2 unspecified atom stereocenters. The zero-order chi connectivity index (χ0) is 24.6. The van der Waals surface area contributed by atoms with Crippen molar-refractivity contribution >= 4 is 12.0 Å². The van der Waals surface area contributed by atoms with Gasteiger partial charge in [-0.25, -0.2) is 4.79 Å². The molecule has 11 heteroatoms. The molecule has 2 atom stereocenters. The Morgan fingerprint density at radius 2 is 1.52 bits per heavy atom. The van der Waals surface area contributed by atoms with Crippen LogP contribution in [0.25, 0.3) is 0 Å². The van der Waals surface area contributed by atoms with Crippen LogP contribution in [0.3, 0.4) is 0 Å². The lowest BCUT2D eigenvalue weighted by Crippen LogP contribution is -2.51. The van der Waals surface area contributed by atoms with Crippen molar-refractivity contribution in [2.24, 2.45) is 0 Å². The Balaban J connectivity index is 1.99. The Bertz CT molecular complexity index is 991. The summed E-state index contributed by atoms with van der Waals surface area (Å²) in [5.41, 5.74) is -3.19. The lowest BCUT2D eigenvalue weighted by molar-refractivity contribution is -0.143. The Labute approximate surface area is 185 Å². The highest BCUT2D eigenvalue weighted by Gasteiger charge is 2.40. The van der Waals surface area contributed by atoms with Crippen LogP contribution in [0.2, 0.25) is 0 Å². The summed E-state index contributed by atoms with van der Waals surface area (Å²) >= 11 is 0. The number of rotatable bonds is 3. The number of benzene rings is 2. The third-order valence-electron chi connectivity index (χ3n) is 5.73. The monoisotopic (exact) mass is 474 g/mol. The number of carbonyl (C=O) groups is 2. The number of carboxylic acid groups (broad SMARTS) is 1. The van der Waals surface area contributed by atoms with E-state index in [2.05, 4.69) is 0 Å². The minimum absolute atomic E-state index is 0.0258. The van der Waals surface area contributed by atoms with Crippen LogP contribution >= 0.6 is 0 Å². The Hall–Kier alpha value is -3.24. The van der Waals surface area contributed by atoms with E-state index in [0.29, 0.717) is 17.7 Å². The zero-order valence-corrected chi connectivity index (χ0v) is 17.3. The molecule has 3 rings (SSSR count). The molecular formula is C22H20F6N2O3. The average molecular weight is 474 g/mol. The molecular weight excluding hydrogens is 454 g/mol. The summed E-state index contributed by atoms with van der Waals surface area (Å²) in [5, 5.41) is 9.36. The maximum atomic E-state index is 13.2. The zero-order valence-electron chi connectivity index (χ0n) is 17.3. The first kappa shape index (κ1) is 24.4. The second kappa shape index (κ2) is 8.95. The molecule has 2 aromatic rings. The standard InChI is InChI=1S/C22H20F6N2O3/c1-29(18-7-8-30(20(32)33)12-17(18)13-5-3-2-4-6-13)19(31)14-9-15(21(23,24)25)11-16(10-14)22(26,27)28/h2-6,9-11,17-18H,7-8,12H2,1H3,(H,32,33). The van der Waals surface area contributed by atoms with Gasteiger partial charge in [0.1, 0.15) is 0 Å². The van der Waals surface area contributed by atoms with Crippen LogP contribution in [0.4, 0.5) is 31.1 Å². The molecule has 178 valence electrons. The Morgan fingerprint density at radius 3 is 2.00 bits per heavy atom. The Morgan fingerprint density at radius 1 is 0.970 bits per heavy atom. The van der Waals surface area contributed by atoms with Gasteiger partial charge < -0.3 is 14.9 Å². The number of carbonyl (C=O) groups excluding carboxylic acids is 1. The molecule has 1 N–H and O–H groups in total. The van der Waals surface area contributed by atoms with E-state index < -0.39 is 53.0 Å². The highest BCUT2D eigenvalue weighted by Crippen LogP contribution is 2.37. The molecule has 1 aliphatic heterocycles. The van der Waals surface area contributed by atoms with Gasteiger partial charge in [-0.2, -0.15) is 26.3 Å². The fourth-order valence-electron chi connectivity index (χ4n) is 4.04. The van der Waals surface area contributed by atoms with Crippen molar-refractivity contribution in [2.75, 3.05) is 20.1 Å². The molecule has 0 aliphatic carbocycles. The fourth-order valence-corrected chi connectivity index (χ4v) is 4.04. The van der Waals surface area contributed by atoms with Crippen LogP contribution in [-0.2, 0) is 12.4 Å². The lowest BCUT2D eigenvalue weighted by Gasteiger charge is -2.42. The van der Waals surface area contributed by atoms with Crippen LogP contribution in [0.1, 0.15) is 39.4 Å². The van der Waals surface area contributed by atoms with E-state index in [9.17, 15) is 41.0 Å². The number of nitrogens with zero attached hydrogens (tertiary/aromatic N) is 2. The summed E-state index contributed by atoms with van der Waals surface area (Å²) in [4.78, 5) is 26.8. The molecule has 1 saturated heterocycles. The van der Waals surface area contributed by atoms with Gasteiger partial charge in [0.05, 0.1) is 11.1 Å².